The molecule has 0 aliphatic carbocycles. The van der Waals surface area contributed by atoms with Gasteiger partial charge in [-0.05, 0) is 18.2 Å². The number of benzene rings is 3. The Morgan fingerprint density at radius 1 is 0.867 bits per heavy atom. The Morgan fingerprint density at radius 2 is 1.57 bits per heavy atom. The summed E-state index contributed by atoms with van der Waals surface area (Å²) in [4.78, 5) is 12.2. The summed E-state index contributed by atoms with van der Waals surface area (Å²) in [6.07, 6.45) is 3.54. The van der Waals surface area contributed by atoms with E-state index in [-0.39, 0.29) is 5.91 Å². The van der Waals surface area contributed by atoms with Gasteiger partial charge in [0.25, 0.3) is 5.91 Å². The normalized spacial score (nSPS) is 14.3. The maximum Gasteiger partial charge on any atom is 0.276 e. The number of rotatable bonds is 4. The summed E-state index contributed by atoms with van der Waals surface area (Å²) in [5.74, 6) is -0.253. The van der Waals surface area contributed by atoms with Crippen LogP contribution in [0.2, 0.25) is 0 Å². The van der Waals surface area contributed by atoms with Crippen LogP contribution in [0.4, 0.5) is 5.69 Å². The summed E-state index contributed by atoms with van der Waals surface area (Å²) in [6, 6.07) is 27.2. The van der Waals surface area contributed by atoms with E-state index < -0.39 is 0 Å². The van der Waals surface area contributed by atoms with E-state index in [0.29, 0.717) is 5.71 Å². The second-order valence-corrected chi connectivity index (χ2v) is 6.77. The van der Waals surface area contributed by atoms with Crippen LogP contribution >= 0.6 is 0 Å². The minimum Gasteiger partial charge on any atom is -0.320 e. The zero-order valence-corrected chi connectivity index (χ0v) is 15.9. The van der Waals surface area contributed by atoms with E-state index in [4.69, 9.17) is 5.10 Å². The largest absolute Gasteiger partial charge is 0.320 e. The monoisotopic (exact) mass is 391 g/mol. The highest BCUT2D eigenvalue weighted by atomic mass is 16.2. The van der Waals surface area contributed by atoms with Gasteiger partial charge in [-0.3, -0.25) is 4.79 Å². The maximum atomic E-state index is 12.2. The Kier molecular flexibility index (Phi) is 4.50. The average molecular weight is 391 g/mol. The predicted molar refractivity (Wildman–Crippen MR) is 118 cm³/mol. The fourth-order valence-corrected chi connectivity index (χ4v) is 3.37. The zero-order chi connectivity index (χ0) is 20.3. The van der Waals surface area contributed by atoms with E-state index >= 15 is 0 Å². The van der Waals surface area contributed by atoms with Gasteiger partial charge in [-0.2, -0.15) is 10.2 Å². The van der Waals surface area contributed by atoms with E-state index in [1.807, 2.05) is 95.8 Å². The van der Waals surface area contributed by atoms with Gasteiger partial charge in [0, 0.05) is 22.9 Å². The van der Waals surface area contributed by atoms with Crippen molar-refractivity contribution in [2.75, 3.05) is 5.32 Å². The highest BCUT2D eigenvalue weighted by Crippen LogP contribution is 2.24. The van der Waals surface area contributed by atoms with Crippen molar-refractivity contribution in [2.45, 2.75) is 0 Å². The third-order valence-corrected chi connectivity index (χ3v) is 4.81. The van der Waals surface area contributed by atoms with Gasteiger partial charge in [-0.1, -0.05) is 66.7 Å². The molecule has 0 bridgehead atoms. The average Bonchev–Trinajstić information content (AvgIpc) is 3.36. The van der Waals surface area contributed by atoms with Crippen molar-refractivity contribution >= 4 is 23.5 Å². The standard InChI is InChI=1S/C24H17N5O/c30-24-23(20-13-7-8-14-21(20)26-24)27-25-15-18-16-29(19-11-5-2-6-12-19)28-22(18)17-9-3-1-4-10-17/h1-16H,(H,26,27,30)/b25-15+. The van der Waals surface area contributed by atoms with Gasteiger partial charge in [-0.15, -0.1) is 5.10 Å². The van der Waals surface area contributed by atoms with E-state index in [2.05, 4.69) is 15.5 Å². The van der Waals surface area contributed by atoms with Gasteiger partial charge >= 0.3 is 0 Å². The molecule has 4 aromatic rings. The Bertz CT molecular complexity index is 1270. The van der Waals surface area contributed by atoms with Crippen molar-refractivity contribution in [1.29, 1.82) is 0 Å². The Hall–Kier alpha value is -4.32. The number of aromatic nitrogens is 2. The highest BCUT2D eigenvalue weighted by Gasteiger charge is 2.25. The van der Waals surface area contributed by atoms with Crippen LogP contribution in [-0.4, -0.2) is 27.6 Å². The number of amides is 1. The molecule has 0 atom stereocenters. The second kappa shape index (κ2) is 7.60. The summed E-state index contributed by atoms with van der Waals surface area (Å²) in [5.41, 5.74) is 5.33. The Morgan fingerprint density at radius 3 is 2.37 bits per heavy atom. The van der Waals surface area contributed by atoms with Crippen LogP contribution in [0, 0.1) is 0 Å². The first kappa shape index (κ1) is 17.8. The first-order valence-corrected chi connectivity index (χ1v) is 9.52. The lowest BCUT2D eigenvalue weighted by atomic mass is 10.1. The molecule has 30 heavy (non-hydrogen) atoms. The molecule has 1 aliphatic heterocycles. The molecular formula is C24H17N5O. The molecule has 0 saturated carbocycles. The van der Waals surface area contributed by atoms with E-state index in [0.717, 1.165) is 33.8 Å². The molecule has 0 saturated heterocycles. The number of hydrogen-bond donors (Lipinski definition) is 1. The van der Waals surface area contributed by atoms with Crippen molar-refractivity contribution in [3.8, 4) is 16.9 Å². The predicted octanol–water partition coefficient (Wildman–Crippen LogP) is 4.31. The molecule has 1 aromatic heterocycles. The van der Waals surface area contributed by atoms with Crippen LogP contribution in [-0.2, 0) is 4.79 Å². The number of hydrogen-bond acceptors (Lipinski definition) is 4. The van der Waals surface area contributed by atoms with Crippen molar-refractivity contribution in [2.24, 2.45) is 10.2 Å². The van der Waals surface area contributed by atoms with Gasteiger partial charge in [0.05, 0.1) is 17.6 Å². The third kappa shape index (κ3) is 3.31. The zero-order valence-electron chi connectivity index (χ0n) is 15.9. The van der Waals surface area contributed by atoms with Gasteiger partial charge in [0.2, 0.25) is 0 Å². The lowest BCUT2D eigenvalue weighted by Gasteiger charge is -2.00. The fraction of sp³-hybridized carbons (Fsp3) is 0. The molecule has 1 amide bonds. The maximum absolute atomic E-state index is 12.2. The Balaban J connectivity index is 1.54. The summed E-state index contributed by atoms with van der Waals surface area (Å²) in [7, 11) is 0. The van der Waals surface area contributed by atoms with Gasteiger partial charge in [0.15, 0.2) is 5.71 Å². The lowest BCUT2D eigenvalue weighted by Crippen LogP contribution is -2.13. The number of nitrogens with one attached hydrogen (secondary N) is 1. The highest BCUT2D eigenvalue weighted by molar-refractivity contribution is 6.53. The van der Waals surface area contributed by atoms with Crippen LogP contribution in [0.1, 0.15) is 11.1 Å². The van der Waals surface area contributed by atoms with E-state index in [1.165, 1.54) is 0 Å². The molecule has 144 valence electrons. The third-order valence-electron chi connectivity index (χ3n) is 4.81. The minimum atomic E-state index is -0.253. The molecule has 1 N–H and O–H groups in total. The van der Waals surface area contributed by atoms with Gasteiger partial charge < -0.3 is 5.32 Å². The van der Waals surface area contributed by atoms with Crippen molar-refractivity contribution in [3.63, 3.8) is 0 Å². The number of fused-ring (bicyclic) bond motifs is 1. The van der Waals surface area contributed by atoms with Crippen molar-refractivity contribution in [1.82, 2.24) is 9.78 Å². The smallest absolute Gasteiger partial charge is 0.276 e. The summed E-state index contributed by atoms with van der Waals surface area (Å²) in [6.45, 7) is 0. The molecule has 6 heteroatoms. The minimum absolute atomic E-state index is 0.253. The van der Waals surface area contributed by atoms with Crippen molar-refractivity contribution in [3.05, 3.63) is 102 Å². The Labute approximate surface area is 173 Å². The molecule has 3 aromatic carbocycles. The molecule has 0 fully saturated rings. The molecule has 2 heterocycles. The lowest BCUT2D eigenvalue weighted by molar-refractivity contribution is -0.110. The molecular weight excluding hydrogens is 374 g/mol. The van der Waals surface area contributed by atoms with Crippen LogP contribution in [0.5, 0.6) is 0 Å². The van der Waals surface area contributed by atoms with Crippen LogP contribution in [0.3, 0.4) is 0 Å². The number of carbonyl (C=O) groups excluding carboxylic acids is 1. The summed E-state index contributed by atoms with van der Waals surface area (Å²) in [5, 5.41) is 16.0. The number of para-hydroxylation sites is 2. The number of anilines is 1. The molecule has 0 unspecified atom stereocenters. The summed E-state index contributed by atoms with van der Waals surface area (Å²) >= 11 is 0. The molecule has 6 nitrogen and oxygen atoms in total. The van der Waals surface area contributed by atoms with Crippen LogP contribution < -0.4 is 5.32 Å². The van der Waals surface area contributed by atoms with E-state index in [1.54, 1.807) is 6.21 Å². The molecule has 0 radical (unpaired) electrons. The van der Waals surface area contributed by atoms with Gasteiger partial charge in [-0.25, -0.2) is 4.68 Å². The SMILES string of the molecule is O=C1Nc2ccccc2/C1=N\N=C\c1cn(-c2ccccc2)nc1-c1ccccc1. The molecule has 5 rings (SSSR count). The van der Waals surface area contributed by atoms with Crippen LogP contribution in [0.25, 0.3) is 16.9 Å². The fourth-order valence-electron chi connectivity index (χ4n) is 3.37. The van der Waals surface area contributed by atoms with Gasteiger partial charge in [0.1, 0.15) is 5.69 Å². The molecule has 1 aliphatic rings. The molecule has 0 spiro atoms. The topological polar surface area (TPSA) is 71.6 Å². The van der Waals surface area contributed by atoms with Crippen molar-refractivity contribution < 1.29 is 4.79 Å². The van der Waals surface area contributed by atoms with E-state index in [9.17, 15) is 4.79 Å². The quantitative estimate of drug-likeness (QED) is 0.416. The number of nitrogens with zero attached hydrogens (tertiary/aromatic N) is 4. The number of carbonyl (C=O) groups is 1. The first-order valence-electron chi connectivity index (χ1n) is 9.52. The summed E-state index contributed by atoms with van der Waals surface area (Å²) < 4.78 is 1.81. The van der Waals surface area contributed by atoms with Crippen LogP contribution in [0.15, 0.2) is 101 Å². The first-order chi connectivity index (χ1) is 14.8. The second-order valence-electron chi connectivity index (χ2n) is 6.77.